The highest BCUT2D eigenvalue weighted by Crippen LogP contribution is 2.33. The van der Waals surface area contributed by atoms with Crippen molar-refractivity contribution >= 4 is 57.2 Å². The molecule has 1 heterocycles. The number of amides is 1. The smallest absolute Gasteiger partial charge is 0.228 e. The lowest BCUT2D eigenvalue weighted by molar-refractivity contribution is -0.119. The minimum atomic E-state index is -1.72. The standard InChI is InChI=1S/C13H13Cl3N4OS/c1-7-3-5-9(6-4-7)10-19-20-12(22-10)18-11(13(14,15)16)17-8(2)21/h3-6,11H,1-2H3,(H,17,21)(H,18,20). The molecule has 22 heavy (non-hydrogen) atoms. The van der Waals surface area contributed by atoms with Gasteiger partial charge < -0.3 is 10.6 Å². The van der Waals surface area contributed by atoms with Crippen LogP contribution >= 0.6 is 46.1 Å². The van der Waals surface area contributed by atoms with E-state index in [-0.39, 0.29) is 5.91 Å². The van der Waals surface area contributed by atoms with Gasteiger partial charge in [-0.3, -0.25) is 4.79 Å². The Morgan fingerprint density at radius 2 is 1.86 bits per heavy atom. The highest BCUT2D eigenvalue weighted by atomic mass is 35.6. The molecule has 0 spiro atoms. The summed E-state index contributed by atoms with van der Waals surface area (Å²) in [5.41, 5.74) is 2.11. The summed E-state index contributed by atoms with van der Waals surface area (Å²) in [4.78, 5) is 11.2. The first-order chi connectivity index (χ1) is 10.3. The zero-order valence-electron chi connectivity index (χ0n) is 11.7. The lowest BCUT2D eigenvalue weighted by atomic mass is 10.2. The first-order valence-electron chi connectivity index (χ1n) is 6.26. The third-order valence-electron chi connectivity index (χ3n) is 2.67. The molecule has 0 bridgehead atoms. The summed E-state index contributed by atoms with van der Waals surface area (Å²) in [6.07, 6.45) is -0.909. The highest BCUT2D eigenvalue weighted by Gasteiger charge is 2.34. The fraction of sp³-hybridized carbons (Fsp3) is 0.308. The molecule has 2 N–H and O–H groups in total. The molecule has 0 aliphatic carbocycles. The minimum Gasteiger partial charge on any atom is -0.336 e. The Kier molecular flexibility index (Phi) is 5.50. The zero-order valence-corrected chi connectivity index (χ0v) is 14.8. The van der Waals surface area contributed by atoms with E-state index in [1.165, 1.54) is 18.3 Å². The number of aromatic nitrogens is 2. The van der Waals surface area contributed by atoms with E-state index in [1.807, 2.05) is 31.2 Å². The molecule has 0 aliphatic rings. The molecule has 1 unspecified atom stereocenters. The first-order valence-corrected chi connectivity index (χ1v) is 8.21. The van der Waals surface area contributed by atoms with Crippen LogP contribution in [0, 0.1) is 6.92 Å². The first kappa shape index (κ1) is 17.3. The molecule has 1 aromatic carbocycles. The lowest BCUT2D eigenvalue weighted by Crippen LogP contribution is -2.48. The van der Waals surface area contributed by atoms with Gasteiger partial charge in [0.2, 0.25) is 14.8 Å². The van der Waals surface area contributed by atoms with E-state index in [0.29, 0.717) is 5.13 Å². The van der Waals surface area contributed by atoms with Crippen molar-refractivity contribution in [1.29, 1.82) is 0 Å². The van der Waals surface area contributed by atoms with Crippen LogP contribution in [0.3, 0.4) is 0 Å². The Bertz CT molecular complexity index is 654. The Morgan fingerprint density at radius 1 is 1.23 bits per heavy atom. The van der Waals surface area contributed by atoms with Gasteiger partial charge in [-0.05, 0) is 6.92 Å². The van der Waals surface area contributed by atoms with Crippen LogP contribution in [-0.2, 0) is 4.79 Å². The Balaban J connectivity index is 2.16. The maximum Gasteiger partial charge on any atom is 0.228 e. The van der Waals surface area contributed by atoms with E-state index in [9.17, 15) is 4.79 Å². The van der Waals surface area contributed by atoms with Crippen LogP contribution in [0.4, 0.5) is 5.13 Å². The number of rotatable bonds is 4. The molecule has 2 rings (SSSR count). The number of carbonyl (C=O) groups excluding carboxylic acids is 1. The Morgan fingerprint density at radius 3 is 2.41 bits per heavy atom. The van der Waals surface area contributed by atoms with E-state index < -0.39 is 9.96 Å². The Hall–Kier alpha value is -1.08. The van der Waals surface area contributed by atoms with Gasteiger partial charge >= 0.3 is 0 Å². The molecule has 0 saturated carbocycles. The maximum absolute atomic E-state index is 11.2. The second-order valence-corrected chi connectivity index (χ2v) is 7.94. The van der Waals surface area contributed by atoms with Crippen LogP contribution in [0.5, 0.6) is 0 Å². The molecule has 9 heteroatoms. The third kappa shape index (κ3) is 4.71. The number of halogens is 3. The molecule has 1 aromatic heterocycles. The van der Waals surface area contributed by atoms with Crippen molar-refractivity contribution in [2.24, 2.45) is 0 Å². The predicted octanol–water partition coefficient (Wildman–Crippen LogP) is 3.76. The summed E-state index contributed by atoms with van der Waals surface area (Å²) in [6, 6.07) is 7.90. The summed E-state index contributed by atoms with van der Waals surface area (Å²) in [5.74, 6) is -0.327. The lowest BCUT2D eigenvalue weighted by Gasteiger charge is -2.25. The van der Waals surface area contributed by atoms with Crippen molar-refractivity contribution in [2.45, 2.75) is 23.8 Å². The maximum atomic E-state index is 11.2. The normalized spacial score (nSPS) is 12.8. The molecular formula is C13H13Cl3N4OS. The van der Waals surface area contributed by atoms with Gasteiger partial charge in [0.25, 0.3) is 0 Å². The Labute approximate surface area is 147 Å². The number of benzene rings is 1. The van der Waals surface area contributed by atoms with Crippen LogP contribution in [0.25, 0.3) is 10.6 Å². The summed E-state index contributed by atoms with van der Waals surface area (Å²) >= 11 is 18.8. The molecule has 0 aliphatic heterocycles. The fourth-order valence-electron chi connectivity index (χ4n) is 1.62. The number of hydrogen-bond acceptors (Lipinski definition) is 5. The van der Waals surface area contributed by atoms with Gasteiger partial charge in [0.15, 0.2) is 0 Å². The largest absolute Gasteiger partial charge is 0.336 e. The highest BCUT2D eigenvalue weighted by molar-refractivity contribution is 7.18. The van der Waals surface area contributed by atoms with E-state index in [1.54, 1.807) is 0 Å². The van der Waals surface area contributed by atoms with Crippen molar-refractivity contribution in [1.82, 2.24) is 15.5 Å². The molecule has 0 saturated heterocycles. The number of anilines is 1. The van der Waals surface area contributed by atoms with Gasteiger partial charge in [-0.25, -0.2) is 0 Å². The minimum absolute atomic E-state index is 0.327. The number of hydrogen-bond donors (Lipinski definition) is 2. The van der Waals surface area contributed by atoms with E-state index in [2.05, 4.69) is 20.8 Å². The monoisotopic (exact) mass is 378 g/mol. The molecule has 0 fully saturated rings. The number of nitrogens with zero attached hydrogens (tertiary/aromatic N) is 2. The van der Waals surface area contributed by atoms with Gasteiger partial charge in [-0.15, -0.1) is 10.2 Å². The fourth-order valence-corrected chi connectivity index (χ4v) is 2.73. The SMILES string of the molecule is CC(=O)NC(Nc1nnc(-c2ccc(C)cc2)s1)C(Cl)(Cl)Cl. The van der Waals surface area contributed by atoms with Crippen LogP contribution in [0.15, 0.2) is 24.3 Å². The average molecular weight is 380 g/mol. The van der Waals surface area contributed by atoms with Gasteiger partial charge in [-0.2, -0.15) is 0 Å². The number of alkyl halides is 3. The van der Waals surface area contributed by atoms with Gasteiger partial charge in [-0.1, -0.05) is 76.0 Å². The second kappa shape index (κ2) is 7.00. The van der Waals surface area contributed by atoms with Crippen molar-refractivity contribution < 1.29 is 4.79 Å². The topological polar surface area (TPSA) is 66.9 Å². The molecular weight excluding hydrogens is 367 g/mol. The summed E-state index contributed by atoms with van der Waals surface area (Å²) < 4.78 is -1.72. The number of carbonyl (C=O) groups is 1. The van der Waals surface area contributed by atoms with Crippen LogP contribution < -0.4 is 10.6 Å². The quantitative estimate of drug-likeness (QED) is 0.627. The van der Waals surface area contributed by atoms with Crippen molar-refractivity contribution in [3.8, 4) is 10.6 Å². The molecule has 1 amide bonds. The predicted molar refractivity (Wildman–Crippen MR) is 91.6 cm³/mol. The van der Waals surface area contributed by atoms with Gasteiger partial charge in [0.1, 0.15) is 11.2 Å². The summed E-state index contributed by atoms with van der Waals surface area (Å²) in [6.45, 7) is 3.35. The van der Waals surface area contributed by atoms with Crippen LogP contribution in [0.2, 0.25) is 0 Å². The van der Waals surface area contributed by atoms with Gasteiger partial charge in [0.05, 0.1) is 0 Å². The van der Waals surface area contributed by atoms with E-state index >= 15 is 0 Å². The second-order valence-electron chi connectivity index (χ2n) is 4.60. The van der Waals surface area contributed by atoms with E-state index in [0.717, 1.165) is 16.1 Å². The molecule has 1 atom stereocenters. The van der Waals surface area contributed by atoms with Crippen LogP contribution in [-0.4, -0.2) is 26.1 Å². The molecule has 118 valence electrons. The van der Waals surface area contributed by atoms with Crippen LogP contribution in [0.1, 0.15) is 12.5 Å². The van der Waals surface area contributed by atoms with Crippen molar-refractivity contribution in [3.63, 3.8) is 0 Å². The third-order valence-corrected chi connectivity index (χ3v) is 4.22. The number of nitrogens with one attached hydrogen (secondary N) is 2. The van der Waals surface area contributed by atoms with Crippen molar-refractivity contribution in [3.05, 3.63) is 29.8 Å². The van der Waals surface area contributed by atoms with E-state index in [4.69, 9.17) is 34.8 Å². The number of aryl methyl sites for hydroxylation is 1. The summed E-state index contributed by atoms with van der Waals surface area (Å²) in [7, 11) is 0. The molecule has 0 radical (unpaired) electrons. The summed E-state index contributed by atoms with van der Waals surface area (Å²) in [5, 5.41) is 14.7. The average Bonchev–Trinajstić information content (AvgIpc) is 2.86. The van der Waals surface area contributed by atoms with Gasteiger partial charge in [0, 0.05) is 12.5 Å². The molecule has 5 nitrogen and oxygen atoms in total. The zero-order chi connectivity index (χ0) is 16.3. The molecule has 2 aromatic rings. The van der Waals surface area contributed by atoms with Crippen molar-refractivity contribution in [2.75, 3.05) is 5.32 Å².